The summed E-state index contributed by atoms with van der Waals surface area (Å²) < 4.78 is 5.72. The Morgan fingerprint density at radius 1 is 0.824 bits per heavy atom. The van der Waals surface area contributed by atoms with Crippen molar-refractivity contribution in [3.8, 4) is 0 Å². The van der Waals surface area contributed by atoms with Gasteiger partial charge in [0, 0.05) is 0 Å². The van der Waals surface area contributed by atoms with Gasteiger partial charge in [0.05, 0.1) is 6.10 Å². The van der Waals surface area contributed by atoms with E-state index in [0.717, 1.165) is 0 Å². The van der Waals surface area contributed by atoms with Gasteiger partial charge >= 0.3 is 0 Å². The van der Waals surface area contributed by atoms with E-state index in [2.05, 4.69) is 67.6 Å². The average molecular weight is 242 g/mol. The minimum Gasteiger partial charge on any atom is -0.364 e. The highest BCUT2D eigenvalue weighted by molar-refractivity contribution is 7.73. The second kappa shape index (κ2) is 4.60. The van der Waals surface area contributed by atoms with Gasteiger partial charge in [-0.25, -0.2) is 0 Å². The SMILES string of the molecule is CC1OC1P(c1ccccc1)c1ccccc1. The van der Waals surface area contributed by atoms with Gasteiger partial charge in [-0.1, -0.05) is 60.7 Å². The van der Waals surface area contributed by atoms with Crippen LogP contribution in [0, 0.1) is 0 Å². The molecule has 1 saturated heterocycles. The molecule has 0 aromatic heterocycles. The molecule has 17 heavy (non-hydrogen) atoms. The van der Waals surface area contributed by atoms with E-state index in [-0.39, 0.29) is 7.92 Å². The second-order valence-corrected chi connectivity index (χ2v) is 6.55. The number of ether oxygens (including phenoxy) is 1. The summed E-state index contributed by atoms with van der Waals surface area (Å²) >= 11 is 0. The largest absolute Gasteiger partial charge is 0.364 e. The lowest BCUT2D eigenvalue weighted by molar-refractivity contribution is 0.412. The van der Waals surface area contributed by atoms with E-state index in [0.29, 0.717) is 11.9 Å². The Bertz CT molecular complexity index is 443. The zero-order chi connectivity index (χ0) is 11.7. The van der Waals surface area contributed by atoms with Gasteiger partial charge in [-0.2, -0.15) is 0 Å². The Morgan fingerprint density at radius 2 is 1.24 bits per heavy atom. The summed E-state index contributed by atoms with van der Waals surface area (Å²) in [5.74, 6) is 0.398. The molecule has 0 bridgehead atoms. The van der Waals surface area contributed by atoms with Crippen LogP contribution in [0.2, 0.25) is 0 Å². The molecule has 0 N–H and O–H groups in total. The fourth-order valence-electron chi connectivity index (χ4n) is 2.07. The van der Waals surface area contributed by atoms with E-state index in [4.69, 9.17) is 4.74 Å². The van der Waals surface area contributed by atoms with Crippen LogP contribution in [0.5, 0.6) is 0 Å². The van der Waals surface area contributed by atoms with E-state index in [1.807, 2.05) is 0 Å². The fourth-order valence-corrected chi connectivity index (χ4v) is 4.67. The van der Waals surface area contributed by atoms with Crippen LogP contribution in [0.1, 0.15) is 6.92 Å². The third-order valence-electron chi connectivity index (χ3n) is 3.00. The molecule has 1 aliphatic heterocycles. The smallest absolute Gasteiger partial charge is 0.111 e. The Labute approximate surface area is 103 Å². The molecule has 2 unspecified atom stereocenters. The number of rotatable bonds is 3. The first-order valence-corrected chi connectivity index (χ1v) is 7.32. The topological polar surface area (TPSA) is 12.5 Å². The molecule has 0 amide bonds. The van der Waals surface area contributed by atoms with Gasteiger partial charge in [-0.3, -0.25) is 0 Å². The van der Waals surface area contributed by atoms with Crippen LogP contribution >= 0.6 is 7.92 Å². The highest BCUT2D eigenvalue weighted by Crippen LogP contribution is 2.50. The molecule has 0 radical (unpaired) electrons. The maximum atomic E-state index is 5.72. The molecule has 3 rings (SSSR count). The lowest BCUT2D eigenvalue weighted by Crippen LogP contribution is -2.15. The molecular weight excluding hydrogens is 227 g/mol. The molecule has 1 fully saturated rings. The van der Waals surface area contributed by atoms with Crippen LogP contribution < -0.4 is 10.6 Å². The van der Waals surface area contributed by atoms with Gasteiger partial charge in [-0.15, -0.1) is 0 Å². The van der Waals surface area contributed by atoms with Crippen LogP contribution in [0.25, 0.3) is 0 Å². The van der Waals surface area contributed by atoms with Crippen molar-refractivity contribution in [2.24, 2.45) is 0 Å². The summed E-state index contributed by atoms with van der Waals surface area (Å²) in [7, 11) is -0.360. The van der Waals surface area contributed by atoms with Crippen molar-refractivity contribution in [3.05, 3.63) is 60.7 Å². The fraction of sp³-hybridized carbons (Fsp3) is 0.200. The van der Waals surface area contributed by atoms with Crippen molar-refractivity contribution in [1.82, 2.24) is 0 Å². The molecule has 1 nitrogen and oxygen atoms in total. The normalized spacial score (nSPS) is 22.7. The average Bonchev–Trinajstić information content (AvgIpc) is 3.09. The Hall–Kier alpha value is -1.17. The Morgan fingerprint density at radius 3 is 1.59 bits per heavy atom. The second-order valence-electron chi connectivity index (χ2n) is 4.27. The molecule has 0 saturated carbocycles. The maximum Gasteiger partial charge on any atom is 0.111 e. The number of hydrogen-bond donors (Lipinski definition) is 0. The third-order valence-corrected chi connectivity index (χ3v) is 5.76. The van der Waals surface area contributed by atoms with Gasteiger partial charge in [0.25, 0.3) is 0 Å². The summed E-state index contributed by atoms with van der Waals surface area (Å²) in [5, 5.41) is 2.81. The van der Waals surface area contributed by atoms with Gasteiger partial charge in [0.15, 0.2) is 0 Å². The van der Waals surface area contributed by atoms with Gasteiger partial charge in [-0.05, 0) is 25.5 Å². The molecule has 2 heteroatoms. The Kier molecular flexibility index (Phi) is 2.96. The van der Waals surface area contributed by atoms with Gasteiger partial charge in [0.1, 0.15) is 5.85 Å². The first-order chi connectivity index (χ1) is 8.36. The molecule has 1 heterocycles. The lowest BCUT2D eigenvalue weighted by atomic mass is 10.4. The molecule has 0 spiro atoms. The summed E-state index contributed by atoms with van der Waals surface area (Å²) in [5.41, 5.74) is 0. The standard InChI is InChI=1S/C15H15OP/c1-12-15(16-12)17(13-8-4-2-5-9-13)14-10-6-3-7-11-14/h2-12,15H,1H3. The molecule has 0 aliphatic carbocycles. The first-order valence-electron chi connectivity index (χ1n) is 5.91. The van der Waals surface area contributed by atoms with Crippen molar-refractivity contribution < 1.29 is 4.74 Å². The summed E-state index contributed by atoms with van der Waals surface area (Å²) in [6.45, 7) is 2.16. The highest BCUT2D eigenvalue weighted by Gasteiger charge is 2.42. The van der Waals surface area contributed by atoms with Crippen LogP contribution in [0.3, 0.4) is 0 Å². The summed E-state index contributed by atoms with van der Waals surface area (Å²) in [6, 6.07) is 21.4. The van der Waals surface area contributed by atoms with Gasteiger partial charge in [0.2, 0.25) is 0 Å². The van der Waals surface area contributed by atoms with E-state index in [9.17, 15) is 0 Å². The predicted molar refractivity (Wildman–Crippen MR) is 73.4 cm³/mol. The van der Waals surface area contributed by atoms with Crippen LogP contribution in [0.4, 0.5) is 0 Å². The van der Waals surface area contributed by atoms with Crippen molar-refractivity contribution in [1.29, 1.82) is 0 Å². The van der Waals surface area contributed by atoms with Crippen LogP contribution in [-0.2, 0) is 4.74 Å². The molecule has 1 aliphatic rings. The predicted octanol–water partition coefficient (Wildman–Crippen LogP) is 2.86. The molecule has 2 aromatic rings. The van der Waals surface area contributed by atoms with Gasteiger partial charge < -0.3 is 4.74 Å². The lowest BCUT2D eigenvalue weighted by Gasteiger charge is -2.16. The van der Waals surface area contributed by atoms with Crippen molar-refractivity contribution >= 4 is 18.5 Å². The maximum absolute atomic E-state index is 5.72. The van der Waals surface area contributed by atoms with E-state index < -0.39 is 0 Å². The molecule has 86 valence electrons. The van der Waals surface area contributed by atoms with Crippen LogP contribution in [0.15, 0.2) is 60.7 Å². The molecule has 2 atom stereocenters. The van der Waals surface area contributed by atoms with Crippen LogP contribution in [-0.4, -0.2) is 11.9 Å². The van der Waals surface area contributed by atoms with E-state index in [1.165, 1.54) is 10.6 Å². The quantitative estimate of drug-likeness (QED) is 0.595. The zero-order valence-corrected chi connectivity index (χ0v) is 10.7. The molecular formula is C15H15OP. The number of benzene rings is 2. The van der Waals surface area contributed by atoms with E-state index >= 15 is 0 Å². The minimum absolute atomic E-state index is 0.360. The van der Waals surface area contributed by atoms with Crippen molar-refractivity contribution in [2.45, 2.75) is 18.9 Å². The highest BCUT2D eigenvalue weighted by atomic mass is 31.1. The van der Waals surface area contributed by atoms with E-state index in [1.54, 1.807) is 0 Å². The number of epoxide rings is 1. The zero-order valence-electron chi connectivity index (χ0n) is 9.78. The summed E-state index contributed by atoms with van der Waals surface area (Å²) in [6.07, 6.45) is 0.404. The Balaban J connectivity index is 1.99. The monoisotopic (exact) mass is 242 g/mol. The van der Waals surface area contributed by atoms with Crippen molar-refractivity contribution in [2.75, 3.05) is 0 Å². The minimum atomic E-state index is -0.360. The molecule has 2 aromatic carbocycles. The summed E-state index contributed by atoms with van der Waals surface area (Å²) in [4.78, 5) is 0. The third kappa shape index (κ3) is 2.26. The number of hydrogen-bond acceptors (Lipinski definition) is 1. The first kappa shape index (κ1) is 11.0. The van der Waals surface area contributed by atoms with Crippen molar-refractivity contribution in [3.63, 3.8) is 0 Å².